The van der Waals surface area contributed by atoms with Crippen LogP contribution in [-0.2, 0) is 16.2 Å². The van der Waals surface area contributed by atoms with Gasteiger partial charge in [-0.25, -0.2) is 0 Å². The summed E-state index contributed by atoms with van der Waals surface area (Å²) in [5.41, 5.74) is 2.43. The predicted octanol–water partition coefficient (Wildman–Crippen LogP) is 3.05. The number of methoxy groups -OCH3 is 1. The van der Waals surface area contributed by atoms with E-state index in [0.29, 0.717) is 12.5 Å². The van der Waals surface area contributed by atoms with Gasteiger partial charge in [0.05, 0.1) is 17.7 Å². The van der Waals surface area contributed by atoms with Gasteiger partial charge >= 0.3 is 0 Å². The lowest BCUT2D eigenvalue weighted by Gasteiger charge is -2.04. The fraction of sp³-hybridized carbons (Fsp3) is 0.267. The lowest BCUT2D eigenvalue weighted by Crippen LogP contribution is -2.06. The van der Waals surface area contributed by atoms with Crippen LogP contribution < -0.4 is 10.1 Å². The van der Waals surface area contributed by atoms with Crippen LogP contribution in [0.25, 0.3) is 0 Å². The molecule has 2 aromatic rings. The van der Waals surface area contributed by atoms with Crippen LogP contribution in [0.5, 0.6) is 5.88 Å². The predicted molar refractivity (Wildman–Crippen MR) is 86.4 cm³/mol. The van der Waals surface area contributed by atoms with E-state index in [1.807, 2.05) is 37.3 Å². The Balaban J connectivity index is 1.92. The Kier molecular flexibility index (Phi) is 5.48. The van der Waals surface area contributed by atoms with E-state index >= 15 is 0 Å². The second-order valence-corrected chi connectivity index (χ2v) is 5.43. The van der Waals surface area contributed by atoms with Crippen molar-refractivity contribution in [3.8, 4) is 5.88 Å². The normalized spacial score (nSPS) is 11.1. The van der Waals surface area contributed by atoms with E-state index in [9.17, 15) is 4.79 Å². The molecule has 22 heavy (non-hydrogen) atoms. The minimum Gasteiger partial charge on any atom is -0.480 e. The van der Waals surface area contributed by atoms with Gasteiger partial charge < -0.3 is 14.9 Å². The number of carbonyl (C=O) groups excluding carboxylic acids is 1. The van der Waals surface area contributed by atoms with Gasteiger partial charge in [0.1, 0.15) is 0 Å². The van der Waals surface area contributed by atoms with E-state index in [4.69, 9.17) is 9.57 Å². The highest BCUT2D eigenvalue weighted by molar-refractivity contribution is 7.05. The zero-order valence-corrected chi connectivity index (χ0v) is 13.4. The molecule has 0 bridgehead atoms. The van der Waals surface area contributed by atoms with Crippen molar-refractivity contribution in [3.63, 3.8) is 0 Å². The first-order valence-electron chi connectivity index (χ1n) is 6.62. The Morgan fingerprint density at radius 3 is 2.64 bits per heavy atom. The van der Waals surface area contributed by atoms with Crippen LogP contribution in [0.3, 0.4) is 0 Å². The van der Waals surface area contributed by atoms with Crippen molar-refractivity contribution in [1.29, 1.82) is 0 Å². The van der Waals surface area contributed by atoms with Gasteiger partial charge in [0, 0.05) is 18.7 Å². The van der Waals surface area contributed by atoms with Crippen LogP contribution >= 0.6 is 11.5 Å². The third-order valence-corrected chi connectivity index (χ3v) is 3.52. The molecule has 0 saturated carbocycles. The summed E-state index contributed by atoms with van der Waals surface area (Å²) in [6.07, 6.45) is 0. The van der Waals surface area contributed by atoms with Crippen molar-refractivity contribution in [2.75, 3.05) is 12.4 Å². The summed E-state index contributed by atoms with van der Waals surface area (Å²) in [5, 5.41) is 6.80. The third kappa shape index (κ3) is 4.56. The van der Waals surface area contributed by atoms with Crippen LogP contribution in [0, 0.1) is 0 Å². The Bertz CT molecular complexity index is 665. The number of ether oxygens (including phenoxy) is 1. The van der Waals surface area contributed by atoms with Crippen LogP contribution in [0.15, 0.2) is 35.5 Å². The standard InChI is InChI=1S/C15H17N3O3S/c1-10(12-4-6-13(7-5-12)16-11(2)19)17-21-9-14-8-15(20-3)18-22-14/h4-8H,9H2,1-3H3,(H,16,19). The van der Waals surface area contributed by atoms with Crippen LogP contribution in [0.1, 0.15) is 24.3 Å². The average molecular weight is 319 g/mol. The molecule has 6 nitrogen and oxygen atoms in total. The number of amides is 1. The number of benzene rings is 1. The Morgan fingerprint density at radius 1 is 1.32 bits per heavy atom. The zero-order chi connectivity index (χ0) is 15.9. The number of anilines is 1. The number of rotatable bonds is 6. The van der Waals surface area contributed by atoms with E-state index in [-0.39, 0.29) is 5.91 Å². The summed E-state index contributed by atoms with van der Waals surface area (Å²) in [4.78, 5) is 17.2. The molecule has 116 valence electrons. The first-order valence-corrected chi connectivity index (χ1v) is 7.40. The quantitative estimate of drug-likeness (QED) is 0.656. The minimum absolute atomic E-state index is 0.0959. The molecule has 1 aromatic heterocycles. The number of hydrogen-bond acceptors (Lipinski definition) is 6. The van der Waals surface area contributed by atoms with E-state index in [0.717, 1.165) is 21.8 Å². The van der Waals surface area contributed by atoms with Crippen molar-refractivity contribution in [3.05, 3.63) is 40.8 Å². The summed E-state index contributed by atoms with van der Waals surface area (Å²) in [7, 11) is 1.58. The summed E-state index contributed by atoms with van der Waals surface area (Å²) in [6.45, 7) is 3.69. The van der Waals surface area contributed by atoms with Gasteiger partial charge in [-0.3, -0.25) is 4.79 Å². The van der Waals surface area contributed by atoms with Gasteiger partial charge in [-0.1, -0.05) is 17.3 Å². The van der Waals surface area contributed by atoms with Crippen molar-refractivity contribution < 1.29 is 14.4 Å². The molecule has 7 heteroatoms. The maximum Gasteiger partial charge on any atom is 0.225 e. The van der Waals surface area contributed by atoms with Gasteiger partial charge in [-0.05, 0) is 36.2 Å². The first-order chi connectivity index (χ1) is 10.6. The summed E-state index contributed by atoms with van der Waals surface area (Å²) in [6, 6.07) is 9.22. The first kappa shape index (κ1) is 16.0. The highest BCUT2D eigenvalue weighted by Gasteiger charge is 2.03. The highest BCUT2D eigenvalue weighted by atomic mass is 32.1. The molecule has 1 aromatic carbocycles. The lowest BCUT2D eigenvalue weighted by molar-refractivity contribution is -0.114. The van der Waals surface area contributed by atoms with Gasteiger partial charge in [0.15, 0.2) is 6.61 Å². The SMILES string of the molecule is COc1cc(CON=C(C)c2ccc(NC(C)=O)cc2)sn1. The molecule has 1 heterocycles. The molecule has 0 atom stereocenters. The Hall–Kier alpha value is -2.41. The fourth-order valence-corrected chi connectivity index (χ4v) is 2.30. The molecule has 0 radical (unpaired) electrons. The minimum atomic E-state index is -0.0959. The molecule has 2 rings (SSSR count). The highest BCUT2D eigenvalue weighted by Crippen LogP contribution is 2.17. The topological polar surface area (TPSA) is 72.8 Å². The molecule has 0 aliphatic carbocycles. The monoisotopic (exact) mass is 319 g/mol. The molecule has 0 saturated heterocycles. The average Bonchev–Trinajstić information content (AvgIpc) is 2.95. The van der Waals surface area contributed by atoms with Gasteiger partial charge in [0.2, 0.25) is 11.8 Å². The largest absolute Gasteiger partial charge is 0.480 e. The molecular formula is C15H17N3O3S. The van der Waals surface area contributed by atoms with E-state index in [1.165, 1.54) is 18.5 Å². The van der Waals surface area contributed by atoms with Crippen LogP contribution in [0.2, 0.25) is 0 Å². The lowest BCUT2D eigenvalue weighted by atomic mass is 10.1. The zero-order valence-electron chi connectivity index (χ0n) is 12.6. The fourth-order valence-electron chi connectivity index (χ4n) is 1.70. The van der Waals surface area contributed by atoms with E-state index in [1.54, 1.807) is 7.11 Å². The van der Waals surface area contributed by atoms with Crippen LogP contribution in [-0.4, -0.2) is 23.1 Å². The van der Waals surface area contributed by atoms with Crippen molar-refractivity contribution >= 4 is 28.8 Å². The van der Waals surface area contributed by atoms with Crippen molar-refractivity contribution in [1.82, 2.24) is 4.37 Å². The summed E-state index contributed by atoms with van der Waals surface area (Å²) in [5.74, 6) is 0.485. The molecule has 1 amide bonds. The molecular weight excluding hydrogens is 302 g/mol. The number of aromatic nitrogens is 1. The van der Waals surface area contributed by atoms with Crippen molar-refractivity contribution in [2.45, 2.75) is 20.5 Å². The van der Waals surface area contributed by atoms with Crippen LogP contribution in [0.4, 0.5) is 5.69 Å². The van der Waals surface area contributed by atoms with Gasteiger partial charge in [-0.15, -0.1) is 0 Å². The maximum atomic E-state index is 11.0. The second-order valence-electron chi connectivity index (χ2n) is 4.54. The van der Waals surface area contributed by atoms with E-state index in [2.05, 4.69) is 14.8 Å². The third-order valence-electron chi connectivity index (χ3n) is 2.78. The molecule has 0 aliphatic heterocycles. The summed E-state index contributed by atoms with van der Waals surface area (Å²) < 4.78 is 9.09. The van der Waals surface area contributed by atoms with Gasteiger partial charge in [0.25, 0.3) is 0 Å². The Morgan fingerprint density at radius 2 is 2.05 bits per heavy atom. The molecule has 0 fully saturated rings. The van der Waals surface area contributed by atoms with Gasteiger partial charge in [-0.2, -0.15) is 4.37 Å². The number of oxime groups is 1. The number of nitrogens with one attached hydrogen (secondary N) is 1. The number of carbonyl (C=O) groups is 1. The molecule has 1 N–H and O–H groups in total. The maximum absolute atomic E-state index is 11.0. The number of hydrogen-bond donors (Lipinski definition) is 1. The summed E-state index contributed by atoms with van der Waals surface area (Å²) >= 11 is 1.32. The molecule has 0 unspecified atom stereocenters. The van der Waals surface area contributed by atoms with E-state index < -0.39 is 0 Å². The smallest absolute Gasteiger partial charge is 0.225 e. The second kappa shape index (κ2) is 7.56. The Labute approximate surface area is 132 Å². The molecule has 0 spiro atoms. The number of nitrogens with zero attached hydrogens (tertiary/aromatic N) is 2. The molecule has 0 aliphatic rings. The van der Waals surface area contributed by atoms with Crippen molar-refractivity contribution in [2.24, 2.45) is 5.16 Å².